The number of likely N-dealkylation sites (tertiary alicyclic amines) is 1. The Kier molecular flexibility index (Phi) is 6.28. The lowest BCUT2D eigenvalue weighted by Gasteiger charge is -2.17. The van der Waals surface area contributed by atoms with Crippen molar-refractivity contribution in [2.24, 2.45) is 0 Å². The number of ketones is 1. The minimum atomic E-state index is 0.0388. The number of ether oxygens (including phenoxy) is 1. The van der Waals surface area contributed by atoms with Crippen LogP contribution in [0.2, 0.25) is 0 Å². The maximum atomic E-state index is 12.5. The molecule has 1 heterocycles. The third-order valence-electron chi connectivity index (χ3n) is 5.38. The summed E-state index contributed by atoms with van der Waals surface area (Å²) in [6, 6.07) is 15.7. The Morgan fingerprint density at radius 3 is 2.37 bits per heavy atom. The first-order valence-corrected chi connectivity index (χ1v) is 9.64. The maximum Gasteiger partial charge on any atom is 0.223 e. The molecule has 1 saturated heterocycles. The van der Waals surface area contributed by atoms with Crippen LogP contribution in [-0.4, -0.2) is 36.8 Å². The second-order valence-electron chi connectivity index (χ2n) is 7.07. The standard InChI is InChI=1S/C23H27NO3/c1-3-17-4-6-19(7-5-17)22(25)12-13-23(26)24-15-14-20(16-24)18-8-10-21(27-2)11-9-18/h4-11,20H,3,12-16H2,1-2H3. The van der Waals surface area contributed by atoms with E-state index in [0.29, 0.717) is 11.5 Å². The van der Waals surface area contributed by atoms with E-state index >= 15 is 0 Å². The van der Waals surface area contributed by atoms with E-state index in [1.165, 1.54) is 11.1 Å². The number of hydrogen-bond donors (Lipinski definition) is 0. The lowest BCUT2D eigenvalue weighted by molar-refractivity contribution is -0.130. The molecule has 0 aromatic heterocycles. The molecule has 0 bridgehead atoms. The van der Waals surface area contributed by atoms with Crippen LogP contribution in [0.4, 0.5) is 0 Å². The van der Waals surface area contributed by atoms with E-state index < -0.39 is 0 Å². The summed E-state index contributed by atoms with van der Waals surface area (Å²) in [5, 5.41) is 0. The van der Waals surface area contributed by atoms with Gasteiger partial charge in [-0.05, 0) is 36.1 Å². The van der Waals surface area contributed by atoms with Gasteiger partial charge in [-0.3, -0.25) is 9.59 Å². The number of hydrogen-bond acceptors (Lipinski definition) is 3. The largest absolute Gasteiger partial charge is 0.497 e. The zero-order chi connectivity index (χ0) is 19.2. The summed E-state index contributed by atoms with van der Waals surface area (Å²) in [7, 11) is 1.66. The van der Waals surface area contributed by atoms with Crippen molar-refractivity contribution in [2.45, 2.75) is 38.5 Å². The highest BCUT2D eigenvalue weighted by Gasteiger charge is 2.27. The third kappa shape index (κ3) is 4.76. The fraction of sp³-hybridized carbons (Fsp3) is 0.391. The lowest BCUT2D eigenvalue weighted by atomic mass is 9.98. The molecule has 0 radical (unpaired) electrons. The van der Waals surface area contributed by atoms with Gasteiger partial charge >= 0.3 is 0 Å². The number of carbonyl (C=O) groups excluding carboxylic acids is 2. The van der Waals surface area contributed by atoms with Crippen molar-refractivity contribution < 1.29 is 14.3 Å². The molecule has 1 aliphatic heterocycles. The second-order valence-corrected chi connectivity index (χ2v) is 7.07. The average Bonchev–Trinajstić information content (AvgIpc) is 3.22. The van der Waals surface area contributed by atoms with E-state index in [-0.39, 0.29) is 24.5 Å². The smallest absolute Gasteiger partial charge is 0.223 e. The fourth-order valence-corrected chi connectivity index (χ4v) is 3.58. The van der Waals surface area contributed by atoms with Crippen molar-refractivity contribution in [1.29, 1.82) is 0 Å². The van der Waals surface area contributed by atoms with E-state index in [0.717, 1.165) is 31.7 Å². The molecule has 2 aromatic carbocycles. The predicted molar refractivity (Wildman–Crippen MR) is 106 cm³/mol. The Hall–Kier alpha value is -2.62. The number of Topliss-reactive ketones (excluding diaryl/α,β-unsaturated/α-hetero) is 1. The highest BCUT2D eigenvalue weighted by atomic mass is 16.5. The molecule has 1 unspecified atom stereocenters. The summed E-state index contributed by atoms with van der Waals surface area (Å²) in [6.45, 7) is 3.57. The van der Waals surface area contributed by atoms with E-state index in [1.807, 2.05) is 41.3 Å². The highest BCUT2D eigenvalue weighted by Crippen LogP contribution is 2.29. The van der Waals surface area contributed by atoms with Gasteiger partial charge in [-0.15, -0.1) is 0 Å². The Bertz CT molecular complexity index is 780. The van der Waals surface area contributed by atoms with Gasteiger partial charge in [0.1, 0.15) is 5.75 Å². The van der Waals surface area contributed by atoms with Crippen LogP contribution in [0.25, 0.3) is 0 Å². The molecule has 0 N–H and O–H groups in total. The Morgan fingerprint density at radius 2 is 1.74 bits per heavy atom. The molecule has 0 aliphatic carbocycles. The van der Waals surface area contributed by atoms with Gasteiger partial charge in [0.05, 0.1) is 7.11 Å². The molecule has 142 valence electrons. The average molecular weight is 365 g/mol. The Balaban J connectivity index is 1.50. The van der Waals surface area contributed by atoms with E-state index in [4.69, 9.17) is 4.74 Å². The molecule has 0 saturated carbocycles. The van der Waals surface area contributed by atoms with Gasteiger partial charge in [0.25, 0.3) is 0 Å². The van der Waals surface area contributed by atoms with Gasteiger partial charge in [-0.25, -0.2) is 0 Å². The number of carbonyl (C=O) groups is 2. The molecule has 4 heteroatoms. The molecule has 0 spiro atoms. The molecular weight excluding hydrogens is 338 g/mol. The monoisotopic (exact) mass is 365 g/mol. The normalized spacial score (nSPS) is 16.4. The van der Waals surface area contributed by atoms with Gasteiger partial charge in [-0.2, -0.15) is 0 Å². The first kappa shape index (κ1) is 19.2. The third-order valence-corrected chi connectivity index (χ3v) is 5.38. The van der Waals surface area contributed by atoms with Crippen LogP contribution in [0.5, 0.6) is 5.75 Å². The number of benzene rings is 2. The molecular formula is C23H27NO3. The zero-order valence-corrected chi connectivity index (χ0v) is 16.1. The summed E-state index contributed by atoms with van der Waals surface area (Å²) in [4.78, 5) is 26.7. The van der Waals surface area contributed by atoms with Crippen LogP contribution < -0.4 is 4.74 Å². The summed E-state index contributed by atoms with van der Waals surface area (Å²) in [5.74, 6) is 1.31. The quantitative estimate of drug-likeness (QED) is 0.690. The first-order valence-electron chi connectivity index (χ1n) is 9.64. The number of rotatable bonds is 7. The zero-order valence-electron chi connectivity index (χ0n) is 16.1. The van der Waals surface area contributed by atoms with Gasteiger partial charge in [0.2, 0.25) is 5.91 Å². The Morgan fingerprint density at radius 1 is 1.04 bits per heavy atom. The van der Waals surface area contributed by atoms with Gasteiger partial charge in [0.15, 0.2) is 5.78 Å². The van der Waals surface area contributed by atoms with Crippen LogP contribution in [0.3, 0.4) is 0 Å². The highest BCUT2D eigenvalue weighted by molar-refractivity contribution is 5.98. The van der Waals surface area contributed by atoms with Crippen LogP contribution in [0.1, 0.15) is 53.6 Å². The topological polar surface area (TPSA) is 46.6 Å². The summed E-state index contributed by atoms with van der Waals surface area (Å²) < 4.78 is 5.20. The second kappa shape index (κ2) is 8.85. The van der Waals surface area contributed by atoms with E-state index in [1.54, 1.807) is 7.11 Å². The summed E-state index contributed by atoms with van der Waals surface area (Å²) >= 11 is 0. The number of aryl methyl sites for hydroxylation is 1. The molecule has 1 aliphatic rings. The van der Waals surface area contributed by atoms with E-state index in [9.17, 15) is 9.59 Å². The molecule has 4 nitrogen and oxygen atoms in total. The SMILES string of the molecule is CCc1ccc(C(=O)CCC(=O)N2CCC(c3ccc(OC)cc3)C2)cc1. The molecule has 1 amide bonds. The van der Waals surface area contributed by atoms with Crippen LogP contribution in [0, 0.1) is 0 Å². The molecule has 1 atom stereocenters. The number of methoxy groups -OCH3 is 1. The van der Waals surface area contributed by atoms with Gasteiger partial charge < -0.3 is 9.64 Å². The Labute approximate surface area is 161 Å². The van der Waals surface area contributed by atoms with Crippen LogP contribution >= 0.6 is 0 Å². The molecule has 1 fully saturated rings. The fourth-order valence-electron chi connectivity index (χ4n) is 3.58. The van der Waals surface area contributed by atoms with Crippen molar-refractivity contribution in [3.05, 3.63) is 65.2 Å². The van der Waals surface area contributed by atoms with Crippen LogP contribution in [0.15, 0.2) is 48.5 Å². The minimum absolute atomic E-state index is 0.0388. The maximum absolute atomic E-state index is 12.5. The van der Waals surface area contributed by atoms with Crippen molar-refractivity contribution in [2.75, 3.05) is 20.2 Å². The first-order chi connectivity index (χ1) is 13.1. The minimum Gasteiger partial charge on any atom is -0.497 e. The summed E-state index contributed by atoms with van der Waals surface area (Å²) in [5.41, 5.74) is 3.14. The van der Waals surface area contributed by atoms with Crippen molar-refractivity contribution in [3.63, 3.8) is 0 Å². The van der Waals surface area contributed by atoms with Crippen molar-refractivity contribution in [1.82, 2.24) is 4.90 Å². The van der Waals surface area contributed by atoms with E-state index in [2.05, 4.69) is 19.1 Å². The predicted octanol–water partition coefficient (Wildman–Crippen LogP) is 4.24. The molecule has 2 aromatic rings. The van der Waals surface area contributed by atoms with Crippen LogP contribution in [-0.2, 0) is 11.2 Å². The van der Waals surface area contributed by atoms with Gasteiger partial charge in [0, 0.05) is 37.4 Å². The number of amides is 1. The molecule has 3 rings (SSSR count). The van der Waals surface area contributed by atoms with Crippen molar-refractivity contribution in [3.8, 4) is 5.75 Å². The lowest BCUT2D eigenvalue weighted by Crippen LogP contribution is -2.28. The van der Waals surface area contributed by atoms with Gasteiger partial charge in [-0.1, -0.05) is 43.3 Å². The number of nitrogens with zero attached hydrogens (tertiary/aromatic N) is 1. The molecule has 27 heavy (non-hydrogen) atoms. The van der Waals surface area contributed by atoms with Crippen molar-refractivity contribution >= 4 is 11.7 Å². The summed E-state index contributed by atoms with van der Waals surface area (Å²) in [6.07, 6.45) is 2.47.